The first kappa shape index (κ1) is 22.1. The summed E-state index contributed by atoms with van der Waals surface area (Å²) in [6.07, 6.45) is 3.31. The van der Waals surface area contributed by atoms with E-state index in [0.717, 1.165) is 22.5 Å². The average Bonchev–Trinajstić information content (AvgIpc) is 2.78. The molecule has 0 atom stereocenters. The summed E-state index contributed by atoms with van der Waals surface area (Å²) in [4.78, 5) is 9.22. The summed E-state index contributed by atoms with van der Waals surface area (Å²) in [5, 5.41) is 20.0. The summed E-state index contributed by atoms with van der Waals surface area (Å²) in [5.74, 6) is 0.373. The van der Waals surface area contributed by atoms with Gasteiger partial charge in [-0.25, -0.2) is 0 Å². The van der Waals surface area contributed by atoms with Gasteiger partial charge >= 0.3 is 0 Å². The van der Waals surface area contributed by atoms with Crippen molar-refractivity contribution >= 4 is 23.8 Å². The predicted octanol–water partition coefficient (Wildman–Crippen LogP) is 6.26. The standard InChI is InChI=1S/C26H20N2O2.Zn/c29-25-15-7-1-9-19(25)17-27-23-13-5-3-11-21(23)22-12-4-6-14-24(22)28-18-20-10-2-8-16-26(20)30;/h1-18,29-30H;. The molecular weight excluding hydrogens is 438 g/mol. The Morgan fingerprint density at radius 3 is 1.26 bits per heavy atom. The van der Waals surface area contributed by atoms with Gasteiger partial charge in [0, 0.05) is 54.2 Å². The van der Waals surface area contributed by atoms with Gasteiger partial charge in [0.15, 0.2) is 0 Å². The van der Waals surface area contributed by atoms with Crippen LogP contribution in [0.2, 0.25) is 0 Å². The van der Waals surface area contributed by atoms with Gasteiger partial charge in [-0.1, -0.05) is 60.7 Å². The summed E-state index contributed by atoms with van der Waals surface area (Å²) in [6, 6.07) is 29.8. The minimum Gasteiger partial charge on any atom is -0.507 e. The molecule has 0 aliphatic rings. The van der Waals surface area contributed by atoms with Crippen LogP contribution >= 0.6 is 0 Å². The second kappa shape index (κ2) is 10.5. The third-order valence-electron chi connectivity index (χ3n) is 4.66. The quantitative estimate of drug-likeness (QED) is 0.274. The molecule has 4 aromatic carbocycles. The van der Waals surface area contributed by atoms with Crippen LogP contribution in [0.4, 0.5) is 11.4 Å². The molecule has 4 nitrogen and oxygen atoms in total. The van der Waals surface area contributed by atoms with Gasteiger partial charge in [-0.15, -0.1) is 0 Å². The van der Waals surface area contributed by atoms with E-state index in [0.29, 0.717) is 11.1 Å². The first-order chi connectivity index (χ1) is 14.7. The van der Waals surface area contributed by atoms with Crippen molar-refractivity contribution in [2.24, 2.45) is 9.98 Å². The summed E-state index contributed by atoms with van der Waals surface area (Å²) < 4.78 is 0. The Bertz CT molecular complexity index is 1140. The van der Waals surface area contributed by atoms with Crippen LogP contribution in [0.25, 0.3) is 11.1 Å². The van der Waals surface area contributed by atoms with Gasteiger partial charge in [0.1, 0.15) is 11.5 Å². The normalized spacial score (nSPS) is 11.0. The van der Waals surface area contributed by atoms with Gasteiger partial charge in [0.2, 0.25) is 0 Å². The zero-order chi connectivity index (χ0) is 20.8. The van der Waals surface area contributed by atoms with E-state index >= 15 is 0 Å². The average molecular weight is 458 g/mol. The number of phenolic OH excluding ortho intramolecular Hbond substituents is 2. The van der Waals surface area contributed by atoms with E-state index in [-0.39, 0.29) is 31.0 Å². The zero-order valence-electron chi connectivity index (χ0n) is 16.9. The molecule has 148 valence electrons. The molecule has 31 heavy (non-hydrogen) atoms. The predicted molar refractivity (Wildman–Crippen MR) is 123 cm³/mol. The third-order valence-corrected chi connectivity index (χ3v) is 4.66. The molecule has 0 aliphatic carbocycles. The van der Waals surface area contributed by atoms with E-state index in [2.05, 4.69) is 9.98 Å². The smallest absolute Gasteiger partial charge is 0.124 e. The van der Waals surface area contributed by atoms with Crippen LogP contribution in [-0.4, -0.2) is 22.6 Å². The molecule has 0 radical (unpaired) electrons. The molecule has 0 aromatic heterocycles. The molecule has 4 aromatic rings. The Morgan fingerprint density at radius 1 is 0.484 bits per heavy atom. The number of rotatable bonds is 5. The van der Waals surface area contributed by atoms with E-state index in [9.17, 15) is 10.2 Å². The minimum absolute atomic E-state index is 0. The van der Waals surface area contributed by atoms with Crippen LogP contribution in [0.1, 0.15) is 11.1 Å². The first-order valence-electron chi connectivity index (χ1n) is 9.55. The number of phenols is 2. The monoisotopic (exact) mass is 456 g/mol. The minimum atomic E-state index is 0. The van der Waals surface area contributed by atoms with Gasteiger partial charge in [0.25, 0.3) is 0 Å². The van der Waals surface area contributed by atoms with Crippen molar-refractivity contribution in [3.05, 3.63) is 108 Å². The molecular formula is C26H20N2O2Zn. The van der Waals surface area contributed by atoms with Crippen LogP contribution in [0.15, 0.2) is 107 Å². The van der Waals surface area contributed by atoms with Crippen LogP contribution in [-0.2, 0) is 19.5 Å². The molecule has 0 unspecified atom stereocenters. The number of hydrogen-bond acceptors (Lipinski definition) is 4. The molecule has 0 spiro atoms. The molecule has 0 saturated carbocycles. The molecule has 5 heteroatoms. The van der Waals surface area contributed by atoms with Crippen LogP contribution in [0.3, 0.4) is 0 Å². The second-order valence-electron chi connectivity index (χ2n) is 6.67. The molecule has 0 amide bonds. The first-order valence-corrected chi connectivity index (χ1v) is 9.55. The van der Waals surface area contributed by atoms with Gasteiger partial charge in [0.05, 0.1) is 11.4 Å². The summed E-state index contributed by atoms with van der Waals surface area (Å²) in [5.41, 5.74) is 4.69. The fourth-order valence-corrected chi connectivity index (χ4v) is 3.10. The van der Waals surface area contributed by atoms with Gasteiger partial charge in [-0.05, 0) is 36.4 Å². The van der Waals surface area contributed by atoms with Gasteiger partial charge in [-0.2, -0.15) is 0 Å². The fraction of sp³-hybridized carbons (Fsp3) is 0. The number of benzene rings is 4. The molecule has 0 aliphatic heterocycles. The maximum atomic E-state index is 9.99. The summed E-state index contributed by atoms with van der Waals surface area (Å²) >= 11 is 0. The summed E-state index contributed by atoms with van der Waals surface area (Å²) in [6.45, 7) is 0. The molecule has 4 rings (SSSR count). The second-order valence-corrected chi connectivity index (χ2v) is 6.67. The van der Waals surface area contributed by atoms with Crippen LogP contribution in [0.5, 0.6) is 11.5 Å². The Kier molecular flexibility index (Phi) is 7.47. The van der Waals surface area contributed by atoms with E-state index in [4.69, 9.17) is 0 Å². The van der Waals surface area contributed by atoms with Crippen LogP contribution < -0.4 is 0 Å². The molecule has 0 saturated heterocycles. The Morgan fingerprint density at radius 2 is 0.839 bits per heavy atom. The number of para-hydroxylation sites is 4. The van der Waals surface area contributed by atoms with E-state index in [1.165, 1.54) is 0 Å². The Hall–Kier alpha value is -3.56. The maximum absolute atomic E-state index is 9.99. The topological polar surface area (TPSA) is 65.2 Å². The third kappa shape index (κ3) is 5.33. The van der Waals surface area contributed by atoms with Crippen molar-refractivity contribution in [3.8, 4) is 22.6 Å². The van der Waals surface area contributed by atoms with Gasteiger partial charge in [-0.3, -0.25) is 9.98 Å². The number of aliphatic imine (C=N–C) groups is 2. The van der Waals surface area contributed by atoms with Crippen molar-refractivity contribution in [1.82, 2.24) is 0 Å². The SMILES string of the molecule is Oc1ccccc1C=Nc1ccccc1-c1ccccc1N=Cc1ccccc1O.[Zn]. The largest absolute Gasteiger partial charge is 0.507 e. The van der Waals surface area contributed by atoms with E-state index < -0.39 is 0 Å². The van der Waals surface area contributed by atoms with Crippen molar-refractivity contribution in [2.45, 2.75) is 0 Å². The molecule has 0 heterocycles. The Balaban J connectivity index is 0.00000272. The molecule has 2 N–H and O–H groups in total. The molecule has 0 fully saturated rings. The van der Waals surface area contributed by atoms with E-state index in [1.54, 1.807) is 36.7 Å². The maximum Gasteiger partial charge on any atom is 0.124 e. The number of aromatic hydroxyl groups is 2. The van der Waals surface area contributed by atoms with E-state index in [1.807, 2.05) is 72.8 Å². The summed E-state index contributed by atoms with van der Waals surface area (Å²) in [7, 11) is 0. The Labute approximate surface area is 194 Å². The van der Waals surface area contributed by atoms with Gasteiger partial charge < -0.3 is 10.2 Å². The van der Waals surface area contributed by atoms with Crippen molar-refractivity contribution in [3.63, 3.8) is 0 Å². The fourth-order valence-electron chi connectivity index (χ4n) is 3.10. The number of hydrogen-bond donors (Lipinski definition) is 2. The van der Waals surface area contributed by atoms with Crippen molar-refractivity contribution in [2.75, 3.05) is 0 Å². The zero-order valence-corrected chi connectivity index (χ0v) is 19.9. The van der Waals surface area contributed by atoms with Crippen molar-refractivity contribution in [1.29, 1.82) is 0 Å². The number of nitrogens with zero attached hydrogens (tertiary/aromatic N) is 2. The van der Waals surface area contributed by atoms with Crippen molar-refractivity contribution < 1.29 is 29.7 Å². The molecule has 0 bridgehead atoms. The van der Waals surface area contributed by atoms with Crippen LogP contribution in [0, 0.1) is 0 Å².